The maximum atomic E-state index is 4.54. The molecule has 0 amide bonds. The van der Waals surface area contributed by atoms with Gasteiger partial charge < -0.3 is 15.2 Å². The van der Waals surface area contributed by atoms with Gasteiger partial charge in [-0.25, -0.2) is 4.98 Å². The predicted octanol–water partition coefficient (Wildman–Crippen LogP) is 2.60. The van der Waals surface area contributed by atoms with Crippen LogP contribution in [0.15, 0.2) is 36.9 Å². The van der Waals surface area contributed by atoms with Crippen molar-refractivity contribution in [3.8, 4) is 11.1 Å². The highest BCUT2D eigenvalue weighted by atomic mass is 15.2. The molecule has 25 heavy (non-hydrogen) atoms. The SMILES string of the molecule is c1cc(-c2c[nH]c3nccc(N4CCCC5(CCNC5)C4)c23)cnn1. The molecule has 1 atom stereocenters. The van der Waals surface area contributed by atoms with Crippen molar-refractivity contribution in [3.63, 3.8) is 0 Å². The molecule has 6 nitrogen and oxygen atoms in total. The normalized spacial score (nSPS) is 23.6. The lowest BCUT2D eigenvalue weighted by Gasteiger charge is -2.41. The smallest absolute Gasteiger partial charge is 0.139 e. The Bertz CT molecular complexity index is 881. The average molecular weight is 334 g/mol. The van der Waals surface area contributed by atoms with E-state index in [2.05, 4.69) is 36.4 Å². The first-order valence-electron chi connectivity index (χ1n) is 9.04. The van der Waals surface area contributed by atoms with Gasteiger partial charge in [0, 0.05) is 59.6 Å². The van der Waals surface area contributed by atoms with Crippen molar-refractivity contribution < 1.29 is 0 Å². The molecule has 0 bridgehead atoms. The zero-order chi connectivity index (χ0) is 16.7. The molecular formula is C19H22N6. The van der Waals surface area contributed by atoms with Gasteiger partial charge in [-0.2, -0.15) is 10.2 Å². The third-order valence-corrected chi connectivity index (χ3v) is 5.78. The maximum Gasteiger partial charge on any atom is 0.139 e. The topological polar surface area (TPSA) is 69.7 Å². The van der Waals surface area contributed by atoms with Crippen molar-refractivity contribution >= 4 is 16.7 Å². The van der Waals surface area contributed by atoms with Gasteiger partial charge in [0.15, 0.2) is 0 Å². The van der Waals surface area contributed by atoms with Crippen LogP contribution in [0.25, 0.3) is 22.2 Å². The highest BCUT2D eigenvalue weighted by Gasteiger charge is 2.38. The van der Waals surface area contributed by atoms with Gasteiger partial charge in [-0.3, -0.25) is 0 Å². The standard InChI is InChI=1S/C19H22N6/c1-4-19(5-8-20-12-19)13-25(9-1)16-3-6-21-18-17(16)15(11-22-18)14-2-7-23-24-10-14/h2-3,6-7,10-11,20H,1,4-5,8-9,12-13H2,(H,21,22). The summed E-state index contributed by atoms with van der Waals surface area (Å²) in [7, 11) is 0. The van der Waals surface area contributed by atoms with Crippen LogP contribution in [0, 0.1) is 5.41 Å². The van der Waals surface area contributed by atoms with Gasteiger partial charge in [0.1, 0.15) is 5.65 Å². The summed E-state index contributed by atoms with van der Waals surface area (Å²) in [6.45, 7) is 4.53. The van der Waals surface area contributed by atoms with Crippen LogP contribution in [-0.2, 0) is 0 Å². The molecule has 2 aliphatic heterocycles. The first kappa shape index (κ1) is 14.8. The number of hydrogen-bond donors (Lipinski definition) is 2. The minimum Gasteiger partial charge on any atom is -0.370 e. The number of nitrogens with zero attached hydrogens (tertiary/aromatic N) is 4. The molecule has 6 heteroatoms. The minimum absolute atomic E-state index is 0.433. The summed E-state index contributed by atoms with van der Waals surface area (Å²) in [5.74, 6) is 0. The van der Waals surface area contributed by atoms with Crippen LogP contribution in [0.2, 0.25) is 0 Å². The third-order valence-electron chi connectivity index (χ3n) is 5.78. The number of H-pyrrole nitrogens is 1. The van der Waals surface area contributed by atoms with E-state index < -0.39 is 0 Å². The number of hydrogen-bond acceptors (Lipinski definition) is 5. The molecule has 2 N–H and O–H groups in total. The van der Waals surface area contributed by atoms with E-state index in [0.717, 1.165) is 43.0 Å². The number of nitrogens with one attached hydrogen (secondary N) is 2. The fourth-order valence-corrected chi connectivity index (χ4v) is 4.54. The number of rotatable bonds is 2. The van der Waals surface area contributed by atoms with Crippen molar-refractivity contribution in [2.45, 2.75) is 19.3 Å². The summed E-state index contributed by atoms with van der Waals surface area (Å²) in [5.41, 5.74) is 4.88. The number of anilines is 1. The fraction of sp³-hybridized carbons (Fsp3) is 0.421. The van der Waals surface area contributed by atoms with E-state index in [-0.39, 0.29) is 0 Å². The van der Waals surface area contributed by atoms with E-state index in [4.69, 9.17) is 0 Å². The molecule has 128 valence electrons. The Kier molecular flexibility index (Phi) is 3.45. The van der Waals surface area contributed by atoms with E-state index in [9.17, 15) is 0 Å². The maximum absolute atomic E-state index is 4.54. The number of aromatic nitrogens is 4. The van der Waals surface area contributed by atoms with Gasteiger partial charge in [0.05, 0.1) is 12.4 Å². The zero-order valence-corrected chi connectivity index (χ0v) is 14.2. The fourth-order valence-electron chi connectivity index (χ4n) is 4.54. The van der Waals surface area contributed by atoms with Crippen molar-refractivity contribution in [2.75, 3.05) is 31.1 Å². The third kappa shape index (κ3) is 2.48. The highest BCUT2D eigenvalue weighted by molar-refractivity contribution is 6.02. The molecule has 0 saturated carbocycles. The quantitative estimate of drug-likeness (QED) is 0.754. The predicted molar refractivity (Wildman–Crippen MR) is 98.5 cm³/mol. The van der Waals surface area contributed by atoms with E-state index in [1.165, 1.54) is 30.3 Å². The lowest BCUT2D eigenvalue weighted by molar-refractivity contribution is 0.261. The monoisotopic (exact) mass is 334 g/mol. The second-order valence-corrected chi connectivity index (χ2v) is 7.34. The molecule has 2 fully saturated rings. The van der Waals surface area contributed by atoms with E-state index in [1.54, 1.807) is 6.20 Å². The molecule has 0 aliphatic carbocycles. The van der Waals surface area contributed by atoms with E-state index in [0.29, 0.717) is 5.41 Å². The Hall–Kier alpha value is -2.47. The van der Waals surface area contributed by atoms with Gasteiger partial charge in [0.2, 0.25) is 0 Å². The number of piperidine rings is 1. The van der Waals surface area contributed by atoms with Gasteiger partial charge in [-0.1, -0.05) is 0 Å². The van der Waals surface area contributed by atoms with Crippen molar-refractivity contribution in [1.29, 1.82) is 0 Å². The molecule has 0 aromatic carbocycles. The van der Waals surface area contributed by atoms with Crippen molar-refractivity contribution in [1.82, 2.24) is 25.5 Å². The summed E-state index contributed by atoms with van der Waals surface area (Å²) < 4.78 is 0. The number of aromatic amines is 1. The average Bonchev–Trinajstić information content (AvgIpc) is 3.29. The molecule has 3 aromatic heterocycles. The summed E-state index contributed by atoms with van der Waals surface area (Å²) in [6, 6.07) is 4.17. The van der Waals surface area contributed by atoms with Crippen LogP contribution in [0.1, 0.15) is 19.3 Å². The first-order valence-corrected chi connectivity index (χ1v) is 9.04. The van der Waals surface area contributed by atoms with E-state index in [1.807, 2.05) is 24.7 Å². The molecular weight excluding hydrogens is 312 g/mol. The van der Waals surface area contributed by atoms with Crippen LogP contribution >= 0.6 is 0 Å². The Labute approximate surface area is 146 Å². The molecule has 5 rings (SSSR count). The molecule has 2 aliphatic rings. The Morgan fingerprint density at radius 3 is 2.96 bits per heavy atom. The lowest BCUT2D eigenvalue weighted by Crippen LogP contribution is -2.44. The van der Waals surface area contributed by atoms with Gasteiger partial charge in [0.25, 0.3) is 0 Å². The van der Waals surface area contributed by atoms with Gasteiger partial charge in [-0.15, -0.1) is 0 Å². The molecule has 0 radical (unpaired) electrons. The molecule has 2 saturated heterocycles. The van der Waals surface area contributed by atoms with Gasteiger partial charge in [-0.05, 0) is 37.9 Å². The van der Waals surface area contributed by atoms with Crippen molar-refractivity contribution in [3.05, 3.63) is 36.9 Å². The molecule has 1 spiro atoms. The summed E-state index contributed by atoms with van der Waals surface area (Å²) in [4.78, 5) is 10.4. The highest BCUT2D eigenvalue weighted by Crippen LogP contribution is 2.41. The van der Waals surface area contributed by atoms with Crippen LogP contribution in [0.4, 0.5) is 5.69 Å². The van der Waals surface area contributed by atoms with Gasteiger partial charge >= 0.3 is 0 Å². The summed E-state index contributed by atoms with van der Waals surface area (Å²) >= 11 is 0. The van der Waals surface area contributed by atoms with Crippen LogP contribution < -0.4 is 10.2 Å². The largest absolute Gasteiger partial charge is 0.370 e. The van der Waals surface area contributed by atoms with Crippen molar-refractivity contribution in [2.24, 2.45) is 5.41 Å². The minimum atomic E-state index is 0.433. The molecule has 5 heterocycles. The second-order valence-electron chi connectivity index (χ2n) is 7.34. The second kappa shape index (κ2) is 5.81. The number of pyridine rings is 1. The lowest BCUT2D eigenvalue weighted by atomic mass is 9.79. The van der Waals surface area contributed by atoms with Crippen LogP contribution in [-0.4, -0.2) is 46.3 Å². The van der Waals surface area contributed by atoms with Crippen LogP contribution in [0.3, 0.4) is 0 Å². The Morgan fingerprint density at radius 2 is 2.12 bits per heavy atom. The first-order chi connectivity index (χ1) is 12.3. The Balaban J connectivity index is 1.60. The van der Waals surface area contributed by atoms with E-state index >= 15 is 0 Å². The molecule has 3 aromatic rings. The zero-order valence-electron chi connectivity index (χ0n) is 14.2. The summed E-state index contributed by atoms with van der Waals surface area (Å²) in [5, 5.41) is 12.7. The van der Waals surface area contributed by atoms with Crippen LogP contribution in [0.5, 0.6) is 0 Å². The number of fused-ring (bicyclic) bond motifs is 1. The molecule has 1 unspecified atom stereocenters. The Morgan fingerprint density at radius 1 is 1.12 bits per heavy atom. The summed E-state index contributed by atoms with van der Waals surface area (Å²) in [6.07, 6.45) is 11.4.